The van der Waals surface area contributed by atoms with Gasteiger partial charge < -0.3 is 9.16 Å². The van der Waals surface area contributed by atoms with Gasteiger partial charge in [0.1, 0.15) is 6.10 Å². The lowest BCUT2D eigenvalue weighted by molar-refractivity contribution is -0.00439. The van der Waals surface area contributed by atoms with E-state index in [1.165, 1.54) is 5.56 Å². The number of benzene rings is 1. The van der Waals surface area contributed by atoms with Crippen LogP contribution in [0.1, 0.15) is 33.3 Å². The number of hydrogen-bond donors (Lipinski definition) is 0. The minimum absolute atomic E-state index is 0.0205. The highest BCUT2D eigenvalue weighted by molar-refractivity contribution is 6.74. The van der Waals surface area contributed by atoms with Crippen molar-refractivity contribution in [2.45, 2.75) is 64.6 Å². The van der Waals surface area contributed by atoms with Crippen LogP contribution in [0.4, 0.5) is 0 Å². The van der Waals surface area contributed by atoms with Crippen molar-refractivity contribution in [1.82, 2.24) is 0 Å². The molecule has 0 saturated heterocycles. The third kappa shape index (κ3) is 5.42. The van der Waals surface area contributed by atoms with E-state index in [-0.39, 0.29) is 17.2 Å². The van der Waals surface area contributed by atoms with Crippen molar-refractivity contribution in [3.8, 4) is 0 Å². The maximum absolute atomic E-state index is 6.39. The van der Waals surface area contributed by atoms with Crippen molar-refractivity contribution >= 4 is 8.32 Å². The molecule has 0 bridgehead atoms. The van der Waals surface area contributed by atoms with Gasteiger partial charge in [-0.25, -0.2) is 0 Å². The Labute approximate surface area is 131 Å². The summed E-state index contributed by atoms with van der Waals surface area (Å²) in [6, 6.07) is 10.2. The maximum atomic E-state index is 6.39. The van der Waals surface area contributed by atoms with Crippen LogP contribution >= 0.6 is 0 Å². The summed E-state index contributed by atoms with van der Waals surface area (Å²) in [6.07, 6.45) is 1.78. The Morgan fingerprint density at radius 3 is 2.24 bits per heavy atom. The topological polar surface area (TPSA) is 18.5 Å². The van der Waals surface area contributed by atoms with Crippen molar-refractivity contribution < 1.29 is 9.16 Å². The molecule has 0 aliphatic carbocycles. The summed E-state index contributed by atoms with van der Waals surface area (Å²) < 4.78 is 12.4. The van der Waals surface area contributed by atoms with Crippen molar-refractivity contribution in [1.29, 1.82) is 0 Å². The molecule has 0 N–H and O–H groups in total. The Morgan fingerprint density at radius 1 is 1.19 bits per heavy atom. The highest BCUT2D eigenvalue weighted by Crippen LogP contribution is 2.37. The summed E-state index contributed by atoms with van der Waals surface area (Å²) in [5.41, 5.74) is 1.17. The molecule has 21 heavy (non-hydrogen) atoms. The average molecular weight is 307 g/mol. The maximum Gasteiger partial charge on any atom is 0.192 e. The zero-order valence-electron chi connectivity index (χ0n) is 14.3. The Kier molecular flexibility index (Phi) is 6.38. The fourth-order valence-electron chi connectivity index (χ4n) is 1.87. The lowest BCUT2D eigenvalue weighted by atomic mass is 10.2. The van der Waals surface area contributed by atoms with Crippen molar-refractivity contribution in [2.24, 2.45) is 0 Å². The summed E-state index contributed by atoms with van der Waals surface area (Å²) in [4.78, 5) is 0. The SMILES string of the molecule is C=C[C@@H](OCc1ccccc1)[C@H](C)O[Si](C)(C)C(C)(C)C. The van der Waals surface area contributed by atoms with E-state index in [1.807, 2.05) is 24.3 Å². The largest absolute Gasteiger partial charge is 0.411 e. The molecular formula is C18H30O2Si. The van der Waals surface area contributed by atoms with Crippen LogP contribution in [-0.4, -0.2) is 20.5 Å². The molecule has 0 fully saturated rings. The van der Waals surface area contributed by atoms with Gasteiger partial charge in [-0.2, -0.15) is 0 Å². The second kappa shape index (κ2) is 7.39. The fraction of sp³-hybridized carbons (Fsp3) is 0.556. The summed E-state index contributed by atoms with van der Waals surface area (Å²) in [5, 5.41) is 0.201. The molecule has 0 aliphatic rings. The van der Waals surface area contributed by atoms with Crippen molar-refractivity contribution in [3.63, 3.8) is 0 Å². The highest BCUT2D eigenvalue weighted by Gasteiger charge is 2.39. The molecule has 0 aromatic heterocycles. The van der Waals surface area contributed by atoms with Crippen LogP contribution in [0.3, 0.4) is 0 Å². The van der Waals surface area contributed by atoms with Crippen LogP contribution in [0.15, 0.2) is 43.0 Å². The molecule has 0 spiro atoms. The molecular weight excluding hydrogens is 276 g/mol. The molecule has 1 rings (SSSR count). The van der Waals surface area contributed by atoms with E-state index in [0.29, 0.717) is 6.61 Å². The molecule has 0 saturated carbocycles. The van der Waals surface area contributed by atoms with Gasteiger partial charge in [0.15, 0.2) is 8.32 Å². The van der Waals surface area contributed by atoms with E-state index < -0.39 is 8.32 Å². The molecule has 0 unspecified atom stereocenters. The van der Waals surface area contributed by atoms with E-state index in [4.69, 9.17) is 9.16 Å². The van der Waals surface area contributed by atoms with Gasteiger partial charge >= 0.3 is 0 Å². The van der Waals surface area contributed by atoms with E-state index >= 15 is 0 Å². The molecule has 0 radical (unpaired) electrons. The third-order valence-corrected chi connectivity index (χ3v) is 8.84. The first-order valence-corrected chi connectivity index (χ1v) is 10.5. The second-order valence-corrected chi connectivity index (χ2v) is 11.8. The van der Waals surface area contributed by atoms with Crippen LogP contribution in [0.2, 0.25) is 18.1 Å². The highest BCUT2D eigenvalue weighted by atomic mass is 28.4. The minimum atomic E-state index is -1.78. The molecule has 118 valence electrons. The van der Waals surface area contributed by atoms with E-state index in [1.54, 1.807) is 0 Å². The second-order valence-electron chi connectivity index (χ2n) is 7.08. The Morgan fingerprint density at radius 2 is 1.76 bits per heavy atom. The number of rotatable bonds is 7. The van der Waals surface area contributed by atoms with Gasteiger partial charge in [0.25, 0.3) is 0 Å². The minimum Gasteiger partial charge on any atom is -0.411 e. The third-order valence-electron chi connectivity index (χ3n) is 4.27. The molecule has 0 aliphatic heterocycles. The van der Waals surface area contributed by atoms with Gasteiger partial charge in [-0.3, -0.25) is 0 Å². The number of hydrogen-bond acceptors (Lipinski definition) is 2. The van der Waals surface area contributed by atoms with Gasteiger partial charge in [0.2, 0.25) is 0 Å². The van der Waals surface area contributed by atoms with Crippen LogP contribution in [-0.2, 0) is 15.8 Å². The van der Waals surface area contributed by atoms with Gasteiger partial charge in [-0.1, -0.05) is 57.2 Å². The Balaban J connectivity index is 2.61. The summed E-state index contributed by atoms with van der Waals surface area (Å²) >= 11 is 0. The van der Waals surface area contributed by atoms with E-state index in [9.17, 15) is 0 Å². The van der Waals surface area contributed by atoms with Gasteiger partial charge in [-0.15, -0.1) is 6.58 Å². The van der Waals surface area contributed by atoms with Gasteiger partial charge in [0.05, 0.1) is 12.7 Å². The Hall–Kier alpha value is -0.903. The first kappa shape index (κ1) is 18.1. The molecule has 2 atom stereocenters. The van der Waals surface area contributed by atoms with Gasteiger partial charge in [-0.05, 0) is 30.6 Å². The van der Waals surface area contributed by atoms with E-state index in [2.05, 4.69) is 59.5 Å². The predicted molar refractivity (Wildman–Crippen MR) is 93.0 cm³/mol. The zero-order valence-corrected chi connectivity index (χ0v) is 15.3. The lowest BCUT2D eigenvalue weighted by Gasteiger charge is -2.39. The summed E-state index contributed by atoms with van der Waals surface area (Å²) in [5.74, 6) is 0. The standard InChI is InChI=1S/C18H30O2Si/c1-8-17(19-14-16-12-10-9-11-13-16)15(2)20-21(6,7)18(3,4)5/h8-13,15,17H,1,14H2,2-7H3/t15-,17+/m0/s1. The lowest BCUT2D eigenvalue weighted by Crippen LogP contribution is -2.46. The molecule has 1 aromatic rings. The fourth-order valence-corrected chi connectivity index (χ4v) is 3.29. The van der Waals surface area contributed by atoms with Gasteiger partial charge in [0, 0.05) is 0 Å². The average Bonchev–Trinajstić information content (AvgIpc) is 2.38. The number of ether oxygens (including phenoxy) is 1. The quantitative estimate of drug-likeness (QED) is 0.511. The van der Waals surface area contributed by atoms with Crippen molar-refractivity contribution in [2.75, 3.05) is 0 Å². The molecule has 0 amide bonds. The molecule has 0 heterocycles. The van der Waals surface area contributed by atoms with Crippen LogP contribution in [0.25, 0.3) is 0 Å². The van der Waals surface area contributed by atoms with Crippen LogP contribution in [0.5, 0.6) is 0 Å². The molecule has 1 aromatic carbocycles. The van der Waals surface area contributed by atoms with E-state index in [0.717, 1.165) is 0 Å². The molecule has 2 nitrogen and oxygen atoms in total. The van der Waals surface area contributed by atoms with Crippen LogP contribution < -0.4 is 0 Å². The molecule has 3 heteroatoms. The smallest absolute Gasteiger partial charge is 0.192 e. The first-order valence-electron chi connectivity index (χ1n) is 7.63. The predicted octanol–water partition coefficient (Wildman–Crippen LogP) is 5.17. The zero-order chi connectivity index (χ0) is 16.1. The van der Waals surface area contributed by atoms with Crippen molar-refractivity contribution in [3.05, 3.63) is 48.6 Å². The van der Waals surface area contributed by atoms with Crippen LogP contribution in [0, 0.1) is 0 Å². The normalized spacial score (nSPS) is 15.5. The monoisotopic (exact) mass is 306 g/mol. The summed E-state index contributed by atoms with van der Waals surface area (Å²) in [6.45, 7) is 17.8. The summed E-state index contributed by atoms with van der Waals surface area (Å²) in [7, 11) is -1.78. The first-order chi connectivity index (χ1) is 9.67. The Bertz CT molecular complexity index is 434.